The van der Waals surface area contributed by atoms with Crippen LogP contribution in [-0.2, 0) is 26.1 Å². The van der Waals surface area contributed by atoms with E-state index in [1.807, 2.05) is 18.2 Å². The molecule has 1 aromatic heterocycles. The maximum absolute atomic E-state index is 12.6. The van der Waals surface area contributed by atoms with Gasteiger partial charge in [-0.3, -0.25) is 4.98 Å². The van der Waals surface area contributed by atoms with Crippen molar-refractivity contribution in [1.29, 1.82) is 0 Å². The zero-order valence-electron chi connectivity index (χ0n) is 16.1. The molecule has 1 atom stereocenters. The van der Waals surface area contributed by atoms with E-state index in [1.54, 1.807) is 43.3 Å². The van der Waals surface area contributed by atoms with E-state index in [4.69, 9.17) is 8.92 Å². The molecule has 4 rings (SSSR count). The fourth-order valence-electron chi connectivity index (χ4n) is 3.02. The molecule has 0 N–H and O–H groups in total. The molecular weight excluding hydrogens is 404 g/mol. The summed E-state index contributed by atoms with van der Waals surface area (Å²) in [6.07, 6.45) is 1.52. The molecule has 0 amide bonds. The molecular formula is C22H18N2O5S. The van der Waals surface area contributed by atoms with Crippen LogP contribution >= 0.6 is 0 Å². The van der Waals surface area contributed by atoms with Gasteiger partial charge >= 0.3 is 16.1 Å². The lowest BCUT2D eigenvalue weighted by Gasteiger charge is -2.17. The van der Waals surface area contributed by atoms with E-state index in [-0.39, 0.29) is 28.7 Å². The quantitative estimate of drug-likeness (QED) is 0.447. The third-order valence-electron chi connectivity index (χ3n) is 4.59. The molecule has 0 bridgehead atoms. The van der Waals surface area contributed by atoms with Crippen LogP contribution in [0.15, 0.2) is 88.9 Å². The Balaban J connectivity index is 1.63. The van der Waals surface area contributed by atoms with E-state index in [0.717, 1.165) is 0 Å². The molecule has 7 nitrogen and oxygen atoms in total. The van der Waals surface area contributed by atoms with Crippen molar-refractivity contribution < 1.29 is 22.1 Å². The summed E-state index contributed by atoms with van der Waals surface area (Å²) in [6, 6.07) is 19.9. The van der Waals surface area contributed by atoms with Crippen LogP contribution in [0.2, 0.25) is 0 Å². The lowest BCUT2D eigenvalue weighted by molar-refractivity contribution is -0.138. The molecule has 1 aliphatic rings. The van der Waals surface area contributed by atoms with E-state index < -0.39 is 21.6 Å². The van der Waals surface area contributed by atoms with Crippen molar-refractivity contribution in [2.45, 2.75) is 23.8 Å². The predicted molar refractivity (Wildman–Crippen MR) is 110 cm³/mol. The Bertz CT molecular complexity index is 1210. The number of rotatable bonds is 6. The number of ether oxygens (including phenoxy) is 1. The minimum absolute atomic E-state index is 0.0165. The molecule has 0 aliphatic carbocycles. The van der Waals surface area contributed by atoms with Crippen LogP contribution in [0.4, 0.5) is 0 Å². The molecule has 2 aromatic carbocycles. The van der Waals surface area contributed by atoms with Gasteiger partial charge in [0.05, 0.1) is 5.69 Å². The van der Waals surface area contributed by atoms with E-state index in [9.17, 15) is 13.2 Å². The van der Waals surface area contributed by atoms with Crippen LogP contribution < -0.4 is 4.18 Å². The van der Waals surface area contributed by atoms with Crippen molar-refractivity contribution in [1.82, 2.24) is 4.98 Å². The number of carbonyl (C=O) groups excluding carboxylic acids is 1. The fourth-order valence-corrected chi connectivity index (χ4v) is 3.99. The summed E-state index contributed by atoms with van der Waals surface area (Å²) in [5, 5.41) is 0. The number of nitrogens with zero attached hydrogens (tertiary/aromatic N) is 2. The average molecular weight is 422 g/mol. The average Bonchev–Trinajstić information content (AvgIpc) is 3.05. The molecule has 3 aromatic rings. The summed E-state index contributed by atoms with van der Waals surface area (Å²) in [6.45, 7) is 1.62. The maximum Gasteiger partial charge on any atom is 0.341 e. The number of cyclic esters (lactones) is 1. The number of carbonyl (C=O) groups is 1. The largest absolute Gasteiger partial charge is 0.405 e. The molecule has 152 valence electrons. The van der Waals surface area contributed by atoms with Crippen LogP contribution in [0, 0.1) is 0 Å². The Hall–Kier alpha value is -3.52. The molecule has 1 aliphatic heterocycles. The number of benzene rings is 2. The summed E-state index contributed by atoms with van der Waals surface area (Å²) in [5.74, 6) is -0.277. The first-order chi connectivity index (χ1) is 14.4. The van der Waals surface area contributed by atoms with Gasteiger partial charge in [0, 0.05) is 18.2 Å². The Morgan fingerprint density at radius 2 is 1.63 bits per heavy atom. The van der Waals surface area contributed by atoms with Gasteiger partial charge in [-0.25, -0.2) is 9.79 Å². The van der Waals surface area contributed by atoms with Gasteiger partial charge in [-0.2, -0.15) is 8.42 Å². The molecule has 0 saturated heterocycles. The molecule has 30 heavy (non-hydrogen) atoms. The number of aromatic nitrogens is 1. The van der Waals surface area contributed by atoms with Gasteiger partial charge in [0.25, 0.3) is 0 Å². The Morgan fingerprint density at radius 3 is 2.33 bits per heavy atom. The first-order valence-corrected chi connectivity index (χ1v) is 10.6. The van der Waals surface area contributed by atoms with Crippen molar-refractivity contribution in [3.05, 3.63) is 90.3 Å². The summed E-state index contributed by atoms with van der Waals surface area (Å²) in [5.41, 5.74) is -0.290. The smallest absolute Gasteiger partial charge is 0.341 e. The van der Waals surface area contributed by atoms with Crippen LogP contribution in [0.25, 0.3) is 0 Å². The molecule has 0 fully saturated rings. The highest BCUT2D eigenvalue weighted by Crippen LogP contribution is 2.30. The third-order valence-corrected chi connectivity index (χ3v) is 5.84. The Morgan fingerprint density at radius 1 is 0.967 bits per heavy atom. The van der Waals surface area contributed by atoms with Crippen molar-refractivity contribution in [3.63, 3.8) is 0 Å². The lowest BCUT2D eigenvalue weighted by Crippen LogP contribution is -2.33. The second-order valence-electron chi connectivity index (χ2n) is 6.92. The Kier molecular flexibility index (Phi) is 5.09. The fraction of sp³-hybridized carbons (Fsp3) is 0.136. The normalized spacial score (nSPS) is 18.6. The summed E-state index contributed by atoms with van der Waals surface area (Å²) in [4.78, 5) is 21.3. The minimum atomic E-state index is -4.05. The highest BCUT2D eigenvalue weighted by molar-refractivity contribution is 7.87. The van der Waals surface area contributed by atoms with Gasteiger partial charge in [0.2, 0.25) is 5.90 Å². The first-order valence-electron chi connectivity index (χ1n) is 9.18. The van der Waals surface area contributed by atoms with Crippen molar-refractivity contribution >= 4 is 22.0 Å². The maximum atomic E-state index is 12.6. The van der Waals surface area contributed by atoms with Gasteiger partial charge in [0.1, 0.15) is 4.90 Å². The van der Waals surface area contributed by atoms with Crippen LogP contribution in [-0.4, -0.2) is 30.8 Å². The van der Waals surface area contributed by atoms with Crippen LogP contribution in [0.1, 0.15) is 18.2 Å². The number of hydrogen-bond donors (Lipinski definition) is 0. The zero-order chi connectivity index (χ0) is 21.2. The lowest BCUT2D eigenvalue weighted by atomic mass is 9.96. The van der Waals surface area contributed by atoms with Gasteiger partial charge in [0.15, 0.2) is 11.3 Å². The predicted octanol–water partition coefficient (Wildman–Crippen LogP) is 3.15. The van der Waals surface area contributed by atoms with Crippen molar-refractivity contribution in [2.24, 2.45) is 4.99 Å². The second kappa shape index (κ2) is 7.72. The van der Waals surface area contributed by atoms with Crippen LogP contribution in [0.5, 0.6) is 5.75 Å². The molecule has 0 radical (unpaired) electrons. The minimum Gasteiger partial charge on any atom is -0.405 e. The van der Waals surface area contributed by atoms with Gasteiger partial charge in [-0.1, -0.05) is 36.4 Å². The molecule has 0 spiro atoms. The first kappa shape index (κ1) is 19.8. The zero-order valence-corrected chi connectivity index (χ0v) is 16.9. The third kappa shape index (κ3) is 3.95. The summed E-state index contributed by atoms with van der Waals surface area (Å²) < 4.78 is 35.9. The van der Waals surface area contributed by atoms with E-state index in [0.29, 0.717) is 5.56 Å². The standard InChI is InChI=1S/C22H18N2O5S/c1-22(21(25)28-20(24-22)16-9-4-2-5-10-16)15-18-19(13-8-14-23-18)29-30(26,27)17-11-6-3-7-12-17/h2-14H,15H2,1H3. The number of esters is 1. The summed E-state index contributed by atoms with van der Waals surface area (Å²) in [7, 11) is -4.05. The monoisotopic (exact) mass is 422 g/mol. The highest BCUT2D eigenvalue weighted by atomic mass is 32.2. The number of aliphatic imine (C=N–C) groups is 1. The van der Waals surface area contributed by atoms with E-state index in [2.05, 4.69) is 9.98 Å². The molecule has 0 saturated carbocycles. The second-order valence-corrected chi connectivity index (χ2v) is 8.47. The molecule has 8 heteroatoms. The number of pyridine rings is 1. The van der Waals surface area contributed by atoms with Crippen LogP contribution in [0.3, 0.4) is 0 Å². The topological polar surface area (TPSA) is 94.9 Å². The van der Waals surface area contributed by atoms with Gasteiger partial charge < -0.3 is 8.92 Å². The van der Waals surface area contributed by atoms with Crippen molar-refractivity contribution in [2.75, 3.05) is 0 Å². The van der Waals surface area contributed by atoms with Crippen molar-refractivity contribution in [3.8, 4) is 5.75 Å². The molecule has 1 unspecified atom stereocenters. The molecule has 2 heterocycles. The summed E-state index contributed by atoms with van der Waals surface area (Å²) >= 11 is 0. The number of hydrogen-bond acceptors (Lipinski definition) is 7. The Labute approximate surface area is 174 Å². The van der Waals surface area contributed by atoms with E-state index >= 15 is 0 Å². The van der Waals surface area contributed by atoms with Gasteiger partial charge in [-0.15, -0.1) is 0 Å². The van der Waals surface area contributed by atoms with E-state index in [1.165, 1.54) is 24.4 Å². The van der Waals surface area contributed by atoms with Gasteiger partial charge in [-0.05, 0) is 43.3 Å². The highest BCUT2D eigenvalue weighted by Gasteiger charge is 2.43. The SMILES string of the molecule is CC1(Cc2ncccc2OS(=O)(=O)c2ccccc2)N=C(c2ccccc2)OC1=O.